The highest BCUT2D eigenvalue weighted by Gasteiger charge is 2.65. The molecule has 1 aliphatic heterocycles. The van der Waals surface area contributed by atoms with Crippen molar-refractivity contribution >= 4 is 5.97 Å². The van der Waals surface area contributed by atoms with Gasteiger partial charge in [0.2, 0.25) is 0 Å². The molecule has 0 amide bonds. The van der Waals surface area contributed by atoms with Crippen molar-refractivity contribution in [3.8, 4) is 0 Å². The molecule has 4 rings (SSSR count). The zero-order valence-corrected chi connectivity index (χ0v) is 23.7. The summed E-state index contributed by atoms with van der Waals surface area (Å²) in [6.45, 7) is 12.6. The lowest BCUT2D eigenvalue weighted by Gasteiger charge is -2.67. The van der Waals surface area contributed by atoms with Gasteiger partial charge in [-0.05, 0) is 86.4 Å². The van der Waals surface area contributed by atoms with Crippen molar-refractivity contribution in [1.82, 2.24) is 0 Å². The lowest BCUT2D eigenvalue weighted by atomic mass is 9.39. The van der Waals surface area contributed by atoms with Gasteiger partial charge in [-0.2, -0.15) is 0 Å². The number of rotatable bonds is 6. The first-order valence-electron chi connectivity index (χ1n) is 14.2. The quantitative estimate of drug-likeness (QED) is 0.219. The van der Waals surface area contributed by atoms with Gasteiger partial charge in [-0.15, -0.1) is 0 Å². The number of aliphatic carboxylic acids is 1. The normalized spacial score (nSPS) is 49.4. The average Bonchev–Trinajstić information content (AvgIpc) is 2.83. The topological polar surface area (TPSA) is 163 Å². The predicted molar refractivity (Wildman–Crippen MR) is 141 cm³/mol. The second-order valence-corrected chi connectivity index (χ2v) is 13.7. The van der Waals surface area contributed by atoms with Crippen LogP contribution in [0, 0.1) is 34.0 Å². The molecule has 2 saturated carbocycles. The minimum absolute atomic E-state index is 0.0547. The number of fused-ring (bicyclic) bond motifs is 3. The van der Waals surface area contributed by atoms with E-state index in [0.29, 0.717) is 12.8 Å². The van der Waals surface area contributed by atoms with Crippen LogP contribution in [-0.4, -0.2) is 80.5 Å². The Balaban J connectivity index is 1.62. The van der Waals surface area contributed by atoms with Crippen LogP contribution in [0.25, 0.3) is 0 Å². The van der Waals surface area contributed by atoms with Crippen molar-refractivity contribution in [3.05, 3.63) is 11.6 Å². The molecule has 0 bridgehead atoms. The van der Waals surface area contributed by atoms with Crippen LogP contribution in [0.2, 0.25) is 0 Å². The van der Waals surface area contributed by atoms with Crippen LogP contribution in [0.3, 0.4) is 0 Å². The van der Waals surface area contributed by atoms with E-state index < -0.39 is 60.3 Å². The number of hydrogen-bond donors (Lipinski definition) is 6. The Morgan fingerprint density at radius 3 is 2.39 bits per heavy atom. The smallest absolute Gasteiger partial charge is 0.320 e. The largest absolute Gasteiger partial charge is 0.480 e. The van der Waals surface area contributed by atoms with E-state index in [4.69, 9.17) is 15.2 Å². The van der Waals surface area contributed by atoms with Gasteiger partial charge in [0.05, 0.1) is 18.3 Å². The Bertz CT molecular complexity index is 924. The van der Waals surface area contributed by atoms with Crippen molar-refractivity contribution in [2.24, 2.45) is 39.7 Å². The summed E-state index contributed by atoms with van der Waals surface area (Å²) in [6.07, 6.45) is -0.516. The Hall–Kier alpha value is -1.07. The van der Waals surface area contributed by atoms with E-state index in [2.05, 4.69) is 40.7 Å². The van der Waals surface area contributed by atoms with Gasteiger partial charge in [-0.3, -0.25) is 4.79 Å². The highest BCUT2D eigenvalue weighted by atomic mass is 16.7. The molecule has 0 spiro atoms. The molecule has 0 aromatic carbocycles. The molecule has 38 heavy (non-hydrogen) atoms. The first-order chi connectivity index (χ1) is 17.6. The number of aliphatic hydroxyl groups excluding tert-OH is 4. The highest BCUT2D eigenvalue weighted by Crippen LogP contribution is 2.69. The summed E-state index contributed by atoms with van der Waals surface area (Å²) in [7, 11) is 0. The summed E-state index contributed by atoms with van der Waals surface area (Å²) in [6, 6.07) is -0.876. The number of hydrogen-bond acceptors (Lipinski definition) is 8. The summed E-state index contributed by atoms with van der Waals surface area (Å²) < 4.78 is 12.0. The molecular formula is C29H49NO8. The molecule has 218 valence electrons. The van der Waals surface area contributed by atoms with E-state index in [1.165, 1.54) is 5.57 Å². The first kappa shape index (κ1) is 29.9. The predicted octanol–water partition coefficient (Wildman–Crippen LogP) is 2.19. The lowest BCUT2D eigenvalue weighted by molar-refractivity contribution is -0.329. The van der Waals surface area contributed by atoms with E-state index in [1.807, 2.05) is 0 Å². The Morgan fingerprint density at radius 2 is 1.76 bits per heavy atom. The molecule has 9 nitrogen and oxygen atoms in total. The van der Waals surface area contributed by atoms with Gasteiger partial charge in [0.1, 0.15) is 24.4 Å². The van der Waals surface area contributed by atoms with E-state index >= 15 is 0 Å². The van der Waals surface area contributed by atoms with Crippen molar-refractivity contribution in [2.45, 2.75) is 129 Å². The van der Waals surface area contributed by atoms with Crippen LogP contribution in [0.5, 0.6) is 0 Å². The van der Waals surface area contributed by atoms with Gasteiger partial charge in [-0.25, -0.2) is 0 Å². The standard InChI is InChI=1S/C29H49NO8/c1-14-7-10-20-28(5,16(14)8-9-17(30)25(35)36)12-11-19-27(3,4)24(34)18(13-29(19,20)6)38-26-23(33)22(32)21(31)15(2)37-26/h7,15-24,26,31-34H,8-13,30H2,1-6H3,(H,35,36). The van der Waals surface area contributed by atoms with E-state index in [1.54, 1.807) is 6.92 Å². The van der Waals surface area contributed by atoms with Crippen molar-refractivity contribution < 1.29 is 39.8 Å². The lowest BCUT2D eigenvalue weighted by Crippen LogP contribution is -2.66. The molecule has 13 atom stereocenters. The highest BCUT2D eigenvalue weighted by molar-refractivity contribution is 5.72. The second-order valence-electron chi connectivity index (χ2n) is 13.7. The third-order valence-electron chi connectivity index (χ3n) is 11.2. The molecule has 4 aliphatic rings. The van der Waals surface area contributed by atoms with Gasteiger partial charge in [0.15, 0.2) is 6.29 Å². The van der Waals surface area contributed by atoms with E-state index in [-0.39, 0.29) is 28.6 Å². The van der Waals surface area contributed by atoms with E-state index in [9.17, 15) is 30.3 Å². The van der Waals surface area contributed by atoms with Crippen molar-refractivity contribution in [1.29, 1.82) is 0 Å². The molecule has 13 unspecified atom stereocenters. The average molecular weight is 540 g/mol. The fourth-order valence-electron chi connectivity index (χ4n) is 9.06. The number of carbonyl (C=O) groups is 1. The van der Waals surface area contributed by atoms with Crippen LogP contribution in [0.4, 0.5) is 0 Å². The molecule has 0 radical (unpaired) electrons. The summed E-state index contributed by atoms with van der Waals surface area (Å²) in [5.74, 6) is -0.230. The minimum atomic E-state index is -1.43. The maximum Gasteiger partial charge on any atom is 0.320 e. The molecule has 1 heterocycles. The van der Waals surface area contributed by atoms with Gasteiger partial charge >= 0.3 is 5.97 Å². The summed E-state index contributed by atoms with van der Waals surface area (Å²) in [5, 5.41) is 51.9. The Kier molecular flexibility index (Phi) is 8.18. The monoisotopic (exact) mass is 539 g/mol. The summed E-state index contributed by atoms with van der Waals surface area (Å²) in [4.78, 5) is 11.4. The van der Waals surface area contributed by atoms with Crippen LogP contribution < -0.4 is 5.73 Å². The van der Waals surface area contributed by atoms with Gasteiger partial charge < -0.3 is 40.7 Å². The zero-order valence-electron chi connectivity index (χ0n) is 23.7. The SMILES string of the molecule is CC1=CCC2C(C)(CCC3C(C)(C)C(O)C(OC4OC(C)C(O)C(O)C4O)CC32C)C1CCC(N)C(=O)O. The number of carboxylic acid groups (broad SMARTS) is 1. The maximum absolute atomic E-state index is 11.5. The molecule has 0 aromatic rings. The number of nitrogens with two attached hydrogens (primary N) is 1. The second kappa shape index (κ2) is 10.4. The van der Waals surface area contributed by atoms with Crippen LogP contribution >= 0.6 is 0 Å². The molecule has 1 saturated heterocycles. The molecule has 0 aromatic heterocycles. The third-order valence-corrected chi connectivity index (χ3v) is 11.2. The summed E-state index contributed by atoms with van der Waals surface area (Å²) >= 11 is 0. The third kappa shape index (κ3) is 4.76. The van der Waals surface area contributed by atoms with Gasteiger partial charge in [-0.1, -0.05) is 39.3 Å². The van der Waals surface area contributed by atoms with Crippen LogP contribution in [-0.2, 0) is 14.3 Å². The van der Waals surface area contributed by atoms with Crippen molar-refractivity contribution in [3.63, 3.8) is 0 Å². The first-order valence-corrected chi connectivity index (χ1v) is 14.2. The number of carboxylic acids is 1. The fraction of sp³-hybridized carbons (Fsp3) is 0.897. The number of aliphatic hydroxyl groups is 4. The van der Waals surface area contributed by atoms with Crippen molar-refractivity contribution in [2.75, 3.05) is 0 Å². The maximum atomic E-state index is 11.5. The molecular weight excluding hydrogens is 490 g/mol. The molecule has 9 heteroatoms. The van der Waals surface area contributed by atoms with Crippen LogP contribution in [0.1, 0.15) is 80.1 Å². The zero-order chi connectivity index (χ0) is 28.4. The van der Waals surface area contributed by atoms with Gasteiger partial charge in [0, 0.05) is 0 Å². The molecule has 3 fully saturated rings. The fourth-order valence-corrected chi connectivity index (χ4v) is 9.06. The molecule has 7 N–H and O–H groups in total. The van der Waals surface area contributed by atoms with Gasteiger partial charge in [0.25, 0.3) is 0 Å². The minimum Gasteiger partial charge on any atom is -0.480 e. The van der Waals surface area contributed by atoms with Crippen LogP contribution in [0.15, 0.2) is 11.6 Å². The number of allylic oxidation sites excluding steroid dienone is 2. The Labute approximate surface area is 226 Å². The summed E-state index contributed by atoms with van der Waals surface area (Å²) in [5.41, 5.74) is 6.46. The number of ether oxygens (including phenoxy) is 2. The molecule has 3 aliphatic carbocycles. The van der Waals surface area contributed by atoms with E-state index in [0.717, 1.165) is 25.7 Å². The Morgan fingerprint density at radius 1 is 1.11 bits per heavy atom.